The van der Waals surface area contributed by atoms with Crippen molar-refractivity contribution in [2.24, 2.45) is 10.7 Å². The van der Waals surface area contributed by atoms with Gasteiger partial charge < -0.3 is 20.9 Å². The van der Waals surface area contributed by atoms with Crippen LogP contribution in [0.25, 0.3) is 0 Å². The van der Waals surface area contributed by atoms with Crippen molar-refractivity contribution in [3.05, 3.63) is 0 Å². The van der Waals surface area contributed by atoms with E-state index in [1.54, 1.807) is 7.11 Å². The summed E-state index contributed by atoms with van der Waals surface area (Å²) in [5.41, 5.74) is 5.87. The Morgan fingerprint density at radius 3 is 2.76 bits per heavy atom. The highest BCUT2D eigenvalue weighted by molar-refractivity contribution is 5.78. The highest BCUT2D eigenvalue weighted by Gasteiger charge is 2.14. The summed E-state index contributed by atoms with van der Waals surface area (Å²) in [5.74, 6) is 0.479. The van der Waals surface area contributed by atoms with Crippen molar-refractivity contribution >= 4 is 5.96 Å². The molecule has 1 aliphatic rings. The lowest BCUT2D eigenvalue weighted by Gasteiger charge is -2.21. The zero-order valence-electron chi connectivity index (χ0n) is 10.7. The number of nitrogens with zero attached hydrogens (tertiary/aromatic N) is 1. The molecule has 1 aliphatic carbocycles. The van der Waals surface area contributed by atoms with E-state index in [1.807, 2.05) is 0 Å². The van der Waals surface area contributed by atoms with Gasteiger partial charge in [0.25, 0.3) is 0 Å². The van der Waals surface area contributed by atoms with Crippen LogP contribution < -0.4 is 11.1 Å². The number of nitrogens with two attached hydrogens (primary N) is 1. The van der Waals surface area contributed by atoms with Gasteiger partial charge in [0.1, 0.15) is 0 Å². The van der Waals surface area contributed by atoms with Crippen LogP contribution in [0.2, 0.25) is 0 Å². The first-order valence-corrected chi connectivity index (χ1v) is 6.46. The minimum Gasteiger partial charge on any atom is -0.396 e. The zero-order chi connectivity index (χ0) is 12.5. The summed E-state index contributed by atoms with van der Waals surface area (Å²) in [5, 5.41) is 12.0. The topological polar surface area (TPSA) is 79.9 Å². The average molecular weight is 243 g/mol. The standard InChI is InChI=1S/C12H25N3O2/c1-17-9-11(7-8-16)15-12(13)14-10-5-3-2-4-6-10/h10-11,16H,2-9H2,1H3,(H3,13,14,15). The largest absolute Gasteiger partial charge is 0.396 e. The van der Waals surface area contributed by atoms with Crippen LogP contribution in [0, 0.1) is 0 Å². The van der Waals surface area contributed by atoms with E-state index in [9.17, 15) is 0 Å². The third kappa shape index (κ3) is 5.89. The molecule has 0 bridgehead atoms. The Bertz CT molecular complexity index is 222. The first-order chi connectivity index (χ1) is 8.26. The Morgan fingerprint density at radius 2 is 2.18 bits per heavy atom. The van der Waals surface area contributed by atoms with Gasteiger partial charge >= 0.3 is 0 Å². The van der Waals surface area contributed by atoms with E-state index in [4.69, 9.17) is 15.6 Å². The number of aliphatic hydroxyl groups excluding tert-OH is 1. The van der Waals surface area contributed by atoms with Gasteiger partial charge in [-0.3, -0.25) is 4.99 Å². The second kappa shape index (κ2) is 8.31. The summed E-state index contributed by atoms with van der Waals surface area (Å²) in [6.45, 7) is 0.652. The van der Waals surface area contributed by atoms with Gasteiger partial charge in [-0.1, -0.05) is 19.3 Å². The van der Waals surface area contributed by atoms with E-state index in [2.05, 4.69) is 10.3 Å². The summed E-state index contributed by atoms with van der Waals surface area (Å²) in [7, 11) is 1.64. The molecule has 0 aromatic rings. The number of ether oxygens (including phenoxy) is 1. The smallest absolute Gasteiger partial charge is 0.189 e. The number of aliphatic hydroxyl groups is 1. The molecule has 1 rings (SSSR count). The van der Waals surface area contributed by atoms with Crippen molar-refractivity contribution in [1.82, 2.24) is 5.32 Å². The molecule has 1 unspecified atom stereocenters. The van der Waals surface area contributed by atoms with Gasteiger partial charge in [-0.05, 0) is 19.3 Å². The summed E-state index contributed by atoms with van der Waals surface area (Å²) >= 11 is 0. The van der Waals surface area contributed by atoms with E-state index in [-0.39, 0.29) is 12.6 Å². The van der Waals surface area contributed by atoms with Crippen LogP contribution in [-0.4, -0.2) is 43.5 Å². The third-order valence-electron chi connectivity index (χ3n) is 3.09. The molecule has 0 saturated heterocycles. The third-order valence-corrected chi connectivity index (χ3v) is 3.09. The van der Waals surface area contributed by atoms with Crippen LogP contribution >= 0.6 is 0 Å². The first kappa shape index (κ1) is 14.3. The monoisotopic (exact) mass is 243 g/mol. The van der Waals surface area contributed by atoms with E-state index in [1.165, 1.54) is 19.3 Å². The molecule has 0 spiro atoms. The molecule has 100 valence electrons. The number of hydrogen-bond donors (Lipinski definition) is 3. The lowest BCUT2D eigenvalue weighted by atomic mass is 9.96. The maximum Gasteiger partial charge on any atom is 0.189 e. The Morgan fingerprint density at radius 1 is 1.47 bits per heavy atom. The van der Waals surface area contributed by atoms with Gasteiger partial charge in [0.15, 0.2) is 5.96 Å². The number of aliphatic imine (C=N–C) groups is 1. The highest BCUT2D eigenvalue weighted by Crippen LogP contribution is 2.19. The van der Waals surface area contributed by atoms with Crippen molar-refractivity contribution in [3.8, 4) is 0 Å². The highest BCUT2D eigenvalue weighted by atomic mass is 16.5. The molecule has 0 aromatic heterocycles. The van der Waals surface area contributed by atoms with Gasteiger partial charge in [-0.2, -0.15) is 0 Å². The second-order valence-electron chi connectivity index (χ2n) is 4.62. The van der Waals surface area contributed by atoms with E-state index >= 15 is 0 Å². The lowest BCUT2D eigenvalue weighted by Crippen LogP contribution is -2.43. The van der Waals surface area contributed by atoms with E-state index in [0.717, 1.165) is 12.8 Å². The van der Waals surface area contributed by atoms with E-state index < -0.39 is 0 Å². The first-order valence-electron chi connectivity index (χ1n) is 6.46. The molecule has 1 saturated carbocycles. The molecule has 5 heteroatoms. The summed E-state index contributed by atoms with van der Waals surface area (Å²) < 4.78 is 5.06. The molecule has 5 nitrogen and oxygen atoms in total. The van der Waals surface area contributed by atoms with Gasteiger partial charge in [0.05, 0.1) is 18.7 Å². The van der Waals surface area contributed by atoms with Gasteiger partial charge in [0.2, 0.25) is 0 Å². The van der Waals surface area contributed by atoms with Crippen molar-refractivity contribution in [2.75, 3.05) is 20.3 Å². The van der Waals surface area contributed by atoms with Crippen LogP contribution in [0.4, 0.5) is 0 Å². The minimum absolute atomic E-state index is 0.0392. The second-order valence-corrected chi connectivity index (χ2v) is 4.62. The van der Waals surface area contributed by atoms with Crippen LogP contribution in [0.5, 0.6) is 0 Å². The van der Waals surface area contributed by atoms with Crippen LogP contribution in [0.15, 0.2) is 4.99 Å². The quantitative estimate of drug-likeness (QED) is 0.472. The number of guanidine groups is 1. The molecule has 0 aromatic carbocycles. The fourth-order valence-electron chi connectivity index (χ4n) is 2.21. The van der Waals surface area contributed by atoms with Crippen LogP contribution in [0.3, 0.4) is 0 Å². The van der Waals surface area contributed by atoms with Crippen LogP contribution in [-0.2, 0) is 4.74 Å². The fourth-order valence-corrected chi connectivity index (χ4v) is 2.21. The molecule has 0 radical (unpaired) electrons. The predicted octanol–water partition coefficient (Wildman–Crippen LogP) is 0.621. The lowest BCUT2D eigenvalue weighted by molar-refractivity contribution is 0.156. The van der Waals surface area contributed by atoms with Gasteiger partial charge in [0, 0.05) is 13.7 Å². The molecular weight excluding hydrogens is 218 g/mol. The van der Waals surface area contributed by atoms with Gasteiger partial charge in [-0.25, -0.2) is 0 Å². The number of hydrogen-bond acceptors (Lipinski definition) is 3. The number of rotatable bonds is 6. The van der Waals surface area contributed by atoms with Crippen molar-refractivity contribution < 1.29 is 9.84 Å². The Hall–Kier alpha value is -0.810. The maximum atomic E-state index is 8.92. The fraction of sp³-hybridized carbons (Fsp3) is 0.917. The maximum absolute atomic E-state index is 8.92. The zero-order valence-corrected chi connectivity index (χ0v) is 10.7. The Kier molecular flexibility index (Phi) is 6.96. The molecule has 1 fully saturated rings. The number of nitrogens with one attached hydrogen (secondary N) is 1. The minimum atomic E-state index is 0.0392. The van der Waals surface area contributed by atoms with Gasteiger partial charge in [-0.15, -0.1) is 0 Å². The van der Waals surface area contributed by atoms with Crippen molar-refractivity contribution in [1.29, 1.82) is 0 Å². The summed E-state index contributed by atoms with van der Waals surface area (Å²) in [4.78, 5) is 4.49. The van der Waals surface area contributed by atoms with Crippen LogP contribution in [0.1, 0.15) is 38.5 Å². The predicted molar refractivity (Wildman–Crippen MR) is 69.0 cm³/mol. The molecule has 0 amide bonds. The Labute approximate surface area is 103 Å². The molecule has 1 atom stereocenters. The molecular formula is C12H25N3O2. The number of methoxy groups -OCH3 is 1. The normalized spacial score (nSPS) is 20.2. The van der Waals surface area contributed by atoms with Crippen molar-refractivity contribution in [2.45, 2.75) is 50.6 Å². The summed E-state index contributed by atoms with van der Waals surface area (Å²) in [6, 6.07) is 0.408. The average Bonchev–Trinajstić information content (AvgIpc) is 2.30. The van der Waals surface area contributed by atoms with Crippen molar-refractivity contribution in [3.63, 3.8) is 0 Å². The van der Waals surface area contributed by atoms with E-state index in [0.29, 0.717) is 25.0 Å². The molecule has 4 N–H and O–H groups in total. The summed E-state index contributed by atoms with van der Waals surface area (Å²) in [6.07, 6.45) is 6.71. The molecule has 17 heavy (non-hydrogen) atoms. The SMILES string of the molecule is COCC(CCO)NC(N)=NC1CCCCC1. The molecule has 0 heterocycles. The molecule has 0 aliphatic heterocycles. The Balaban J connectivity index is 2.38.